The van der Waals surface area contributed by atoms with Gasteiger partial charge < -0.3 is 19.5 Å². The van der Waals surface area contributed by atoms with Crippen LogP contribution in [0.5, 0.6) is 5.75 Å². The Bertz CT molecular complexity index is 759. The summed E-state index contributed by atoms with van der Waals surface area (Å²) in [5, 5.41) is 3.48. The summed E-state index contributed by atoms with van der Waals surface area (Å²) in [7, 11) is 1.70. The second-order valence-electron chi connectivity index (χ2n) is 9.76. The van der Waals surface area contributed by atoms with Crippen molar-refractivity contribution in [3.8, 4) is 5.75 Å². The van der Waals surface area contributed by atoms with Crippen molar-refractivity contribution in [3.63, 3.8) is 0 Å². The minimum atomic E-state index is -0.271. The van der Waals surface area contributed by atoms with Gasteiger partial charge in [-0.1, -0.05) is 18.6 Å². The lowest BCUT2D eigenvalue weighted by atomic mass is 9.68. The average Bonchev–Trinajstić information content (AvgIpc) is 3.45. The standard InChI is InChI=1S/C24H33NO4/c1-27-21-4-2-3-17(12-21)13-24(14-18-5-6-19(24)11-18)22(26)25-20-7-9-29-23(15-20)8-10-28-16-23/h2-4,12,18-20H,5-11,13-16H2,1H3,(H,25,26). The second-order valence-corrected chi connectivity index (χ2v) is 9.76. The molecule has 158 valence electrons. The lowest BCUT2D eigenvalue weighted by molar-refractivity contribution is -0.138. The van der Waals surface area contributed by atoms with Crippen LogP contribution in [0.2, 0.25) is 0 Å². The maximum absolute atomic E-state index is 13.8. The third-order valence-electron chi connectivity index (χ3n) is 7.98. The van der Waals surface area contributed by atoms with Gasteiger partial charge in [0.15, 0.2) is 0 Å². The van der Waals surface area contributed by atoms with Crippen LogP contribution in [0.15, 0.2) is 24.3 Å². The normalized spacial score (nSPS) is 38.4. The molecule has 2 saturated heterocycles. The van der Waals surface area contributed by atoms with Crippen LogP contribution in [0.25, 0.3) is 0 Å². The van der Waals surface area contributed by atoms with E-state index in [-0.39, 0.29) is 23.0 Å². The van der Waals surface area contributed by atoms with Crippen molar-refractivity contribution >= 4 is 5.91 Å². The third-order valence-corrected chi connectivity index (χ3v) is 7.98. The largest absolute Gasteiger partial charge is 0.497 e. The quantitative estimate of drug-likeness (QED) is 0.823. The van der Waals surface area contributed by atoms with E-state index in [9.17, 15) is 4.79 Å². The zero-order valence-corrected chi connectivity index (χ0v) is 17.5. The monoisotopic (exact) mass is 399 g/mol. The Morgan fingerprint density at radius 2 is 2.17 bits per heavy atom. The minimum absolute atomic E-state index is 0.176. The van der Waals surface area contributed by atoms with Crippen LogP contribution in [-0.4, -0.2) is 44.5 Å². The molecule has 5 heteroatoms. The number of nitrogens with one attached hydrogen (secondary N) is 1. The van der Waals surface area contributed by atoms with Gasteiger partial charge in [0.05, 0.1) is 24.7 Å². The van der Waals surface area contributed by atoms with Crippen LogP contribution in [0, 0.1) is 17.3 Å². The van der Waals surface area contributed by atoms with Crippen LogP contribution < -0.4 is 10.1 Å². The van der Waals surface area contributed by atoms with Gasteiger partial charge in [-0.05, 0) is 68.1 Å². The molecule has 1 aromatic carbocycles. The summed E-state index contributed by atoms with van der Waals surface area (Å²) in [4.78, 5) is 13.8. The fourth-order valence-corrected chi connectivity index (χ4v) is 6.51. The van der Waals surface area contributed by atoms with Crippen LogP contribution in [0.4, 0.5) is 0 Å². The molecule has 2 heterocycles. The molecule has 0 aromatic heterocycles. The fraction of sp³-hybridized carbons (Fsp3) is 0.708. The van der Waals surface area contributed by atoms with Gasteiger partial charge in [-0.2, -0.15) is 0 Å². The highest BCUT2D eigenvalue weighted by Gasteiger charge is 2.55. The number of carbonyl (C=O) groups excluding carboxylic acids is 1. The van der Waals surface area contributed by atoms with Gasteiger partial charge in [0.1, 0.15) is 5.75 Å². The van der Waals surface area contributed by atoms with Crippen molar-refractivity contribution in [2.24, 2.45) is 17.3 Å². The molecule has 1 N–H and O–H groups in total. The van der Waals surface area contributed by atoms with Crippen molar-refractivity contribution in [2.45, 2.75) is 63.0 Å². The lowest BCUT2D eigenvalue weighted by Gasteiger charge is -2.41. The molecule has 2 saturated carbocycles. The Labute approximate surface area is 173 Å². The van der Waals surface area contributed by atoms with Gasteiger partial charge in [0.2, 0.25) is 5.91 Å². The van der Waals surface area contributed by atoms with E-state index in [1.165, 1.54) is 24.8 Å². The molecular weight excluding hydrogens is 366 g/mol. The van der Waals surface area contributed by atoms with Gasteiger partial charge in [0, 0.05) is 25.7 Å². The minimum Gasteiger partial charge on any atom is -0.497 e. The molecular formula is C24H33NO4. The first-order chi connectivity index (χ1) is 14.1. The molecule has 0 radical (unpaired) electrons. The van der Waals surface area contributed by atoms with Gasteiger partial charge >= 0.3 is 0 Å². The van der Waals surface area contributed by atoms with E-state index < -0.39 is 0 Å². The van der Waals surface area contributed by atoms with Crippen molar-refractivity contribution in [1.29, 1.82) is 0 Å². The van der Waals surface area contributed by atoms with Crippen molar-refractivity contribution < 1.29 is 19.0 Å². The van der Waals surface area contributed by atoms with Crippen LogP contribution in [0.3, 0.4) is 0 Å². The first kappa shape index (κ1) is 19.4. The van der Waals surface area contributed by atoms with Gasteiger partial charge in [-0.15, -0.1) is 0 Å². The molecule has 29 heavy (non-hydrogen) atoms. The number of methoxy groups -OCH3 is 1. The molecule has 1 spiro atoms. The smallest absolute Gasteiger partial charge is 0.227 e. The van der Waals surface area contributed by atoms with Crippen LogP contribution in [0.1, 0.15) is 50.5 Å². The van der Waals surface area contributed by atoms with E-state index >= 15 is 0 Å². The summed E-state index contributed by atoms with van der Waals surface area (Å²) >= 11 is 0. The molecule has 1 aromatic rings. The maximum Gasteiger partial charge on any atom is 0.227 e. The lowest BCUT2D eigenvalue weighted by Crippen LogP contribution is -2.54. The molecule has 2 bridgehead atoms. The maximum atomic E-state index is 13.8. The van der Waals surface area contributed by atoms with E-state index in [2.05, 4.69) is 17.4 Å². The SMILES string of the molecule is COc1cccc(CC2(C(=O)NC3CCOC4(CCOC4)C3)CC3CCC2C3)c1. The second kappa shape index (κ2) is 7.59. The number of hydrogen-bond acceptors (Lipinski definition) is 4. The molecule has 5 nitrogen and oxygen atoms in total. The molecule has 2 aliphatic carbocycles. The predicted molar refractivity (Wildman–Crippen MR) is 110 cm³/mol. The molecule has 1 amide bonds. The number of hydrogen-bond donors (Lipinski definition) is 1. The Hall–Kier alpha value is -1.59. The zero-order valence-electron chi connectivity index (χ0n) is 17.5. The van der Waals surface area contributed by atoms with E-state index in [4.69, 9.17) is 14.2 Å². The number of fused-ring (bicyclic) bond motifs is 2. The Morgan fingerprint density at radius 3 is 2.90 bits per heavy atom. The van der Waals surface area contributed by atoms with E-state index in [1.807, 2.05) is 12.1 Å². The van der Waals surface area contributed by atoms with Crippen LogP contribution >= 0.6 is 0 Å². The highest BCUT2D eigenvalue weighted by Crippen LogP contribution is 2.57. The van der Waals surface area contributed by atoms with Gasteiger partial charge in [-0.25, -0.2) is 0 Å². The molecule has 5 unspecified atom stereocenters. The van der Waals surface area contributed by atoms with Crippen LogP contribution in [-0.2, 0) is 20.7 Å². The summed E-state index contributed by atoms with van der Waals surface area (Å²) in [5.74, 6) is 2.35. The highest BCUT2D eigenvalue weighted by molar-refractivity contribution is 5.84. The van der Waals surface area contributed by atoms with Crippen molar-refractivity contribution in [2.75, 3.05) is 26.9 Å². The van der Waals surface area contributed by atoms with Gasteiger partial charge in [0.25, 0.3) is 0 Å². The molecule has 4 fully saturated rings. The van der Waals surface area contributed by atoms with Gasteiger partial charge in [-0.3, -0.25) is 4.79 Å². The first-order valence-electron chi connectivity index (χ1n) is 11.3. The van der Waals surface area contributed by atoms with E-state index in [1.54, 1.807) is 7.11 Å². The first-order valence-corrected chi connectivity index (χ1v) is 11.3. The Kier molecular flexibility index (Phi) is 5.07. The van der Waals surface area contributed by atoms with Crippen molar-refractivity contribution in [3.05, 3.63) is 29.8 Å². The molecule has 2 aliphatic heterocycles. The number of amides is 1. The average molecular weight is 400 g/mol. The summed E-state index contributed by atoms with van der Waals surface area (Å²) in [6.07, 6.45) is 8.25. The molecule has 5 atom stereocenters. The summed E-state index contributed by atoms with van der Waals surface area (Å²) in [6, 6.07) is 8.44. The Balaban J connectivity index is 1.35. The van der Waals surface area contributed by atoms with E-state index in [0.717, 1.165) is 44.5 Å². The third kappa shape index (κ3) is 3.57. The number of benzene rings is 1. The number of ether oxygens (including phenoxy) is 3. The molecule has 5 rings (SSSR count). The Morgan fingerprint density at radius 1 is 1.24 bits per heavy atom. The zero-order chi connectivity index (χ0) is 19.9. The molecule has 4 aliphatic rings. The topological polar surface area (TPSA) is 56.8 Å². The highest BCUT2D eigenvalue weighted by atomic mass is 16.6. The number of carbonyl (C=O) groups is 1. The summed E-state index contributed by atoms with van der Waals surface area (Å²) < 4.78 is 17.1. The van der Waals surface area contributed by atoms with Crippen molar-refractivity contribution in [1.82, 2.24) is 5.32 Å². The van der Waals surface area contributed by atoms with E-state index in [0.29, 0.717) is 25.0 Å². The summed E-state index contributed by atoms with van der Waals surface area (Å²) in [6.45, 7) is 2.15. The number of rotatable bonds is 5. The fourth-order valence-electron chi connectivity index (χ4n) is 6.51. The summed E-state index contributed by atoms with van der Waals surface area (Å²) in [5.41, 5.74) is 0.761. The predicted octanol–water partition coefficient (Wildman–Crippen LogP) is 3.50.